The van der Waals surface area contributed by atoms with Crippen molar-refractivity contribution in [2.75, 3.05) is 0 Å². The van der Waals surface area contributed by atoms with Gasteiger partial charge in [0, 0.05) is 0 Å². The minimum absolute atomic E-state index is 0. The fourth-order valence-corrected chi connectivity index (χ4v) is 0. The largest absolute Gasteiger partial charge is 0.412 e. The van der Waals surface area contributed by atoms with Crippen LogP contribution in [0.25, 0.3) is 0 Å². The summed E-state index contributed by atoms with van der Waals surface area (Å²) in [4.78, 5) is 0. The van der Waals surface area contributed by atoms with Gasteiger partial charge in [-0.15, -0.1) is 0 Å². The summed E-state index contributed by atoms with van der Waals surface area (Å²) in [6.45, 7) is 0. The van der Waals surface area contributed by atoms with E-state index in [2.05, 4.69) is 0 Å². The number of halogens is 8. The molecule has 0 aromatic rings. The Balaban J connectivity index is -0.000000107. The third-order valence-electron chi connectivity index (χ3n) is 0. The van der Waals surface area contributed by atoms with Gasteiger partial charge in [0.2, 0.25) is 0 Å². The molecule has 0 amide bonds. The van der Waals surface area contributed by atoms with Crippen molar-refractivity contribution < 1.29 is 5.48 Å². The fourth-order valence-electron chi connectivity index (χ4n) is 0. The Hall–Kier alpha value is 2.28. The highest BCUT2D eigenvalue weighted by Crippen LogP contribution is 2.30. The molecule has 0 unspecified atom stereocenters. The van der Waals surface area contributed by atoms with Crippen LogP contribution in [0.2, 0.25) is 0 Å². The van der Waals surface area contributed by atoms with E-state index in [1.54, 1.807) is 0 Å². The van der Waals surface area contributed by atoms with E-state index in [0.29, 0.717) is 0 Å². The summed E-state index contributed by atoms with van der Waals surface area (Å²) in [5.74, 6) is 0. The molecule has 0 aromatic carbocycles. The Labute approximate surface area is 104 Å². The predicted octanol–water partition coefficient (Wildman–Crippen LogP) is 4.28. The SMILES string of the molecule is ClC(Cl)(Cl)Cl.ClC(Cl)(Cl)Cl.O. The molecular formula is C2H2Cl8O. The van der Waals surface area contributed by atoms with E-state index in [9.17, 15) is 0 Å². The van der Waals surface area contributed by atoms with Gasteiger partial charge >= 0.3 is 0 Å². The molecular weight excluding hydrogens is 324 g/mol. The van der Waals surface area contributed by atoms with Crippen LogP contribution in [0, 0.1) is 0 Å². The molecule has 1 nitrogen and oxygen atoms in total. The third-order valence-corrected chi connectivity index (χ3v) is 0. The van der Waals surface area contributed by atoms with Gasteiger partial charge in [-0.1, -0.05) is 92.8 Å². The first kappa shape index (κ1) is 18.9. The average molecular weight is 326 g/mol. The predicted molar refractivity (Wildman–Crippen MR) is 55.9 cm³/mol. The molecule has 0 fully saturated rings. The van der Waals surface area contributed by atoms with Crippen LogP contribution in [0.4, 0.5) is 0 Å². The average Bonchev–Trinajstić information content (AvgIpc) is 1.12. The second-order valence-electron chi connectivity index (χ2n) is 0.857. The normalized spacial score (nSPS) is 10.9. The molecule has 0 aliphatic heterocycles. The fraction of sp³-hybridized carbons (Fsp3) is 1.00. The lowest BCUT2D eigenvalue weighted by molar-refractivity contribution is 0.824. The maximum absolute atomic E-state index is 4.83. The summed E-state index contributed by atoms with van der Waals surface area (Å²) in [7, 11) is 0. The van der Waals surface area contributed by atoms with Gasteiger partial charge in [-0.05, 0) is 0 Å². The number of alkyl halides is 8. The van der Waals surface area contributed by atoms with Crippen LogP contribution < -0.4 is 0 Å². The van der Waals surface area contributed by atoms with E-state index in [-0.39, 0.29) is 5.48 Å². The molecule has 0 atom stereocenters. The Morgan fingerprint density at radius 2 is 0.455 bits per heavy atom. The first-order chi connectivity index (χ1) is 4.00. The van der Waals surface area contributed by atoms with Crippen LogP contribution in [-0.2, 0) is 0 Å². The summed E-state index contributed by atoms with van der Waals surface area (Å²) in [5.41, 5.74) is 0. The van der Waals surface area contributed by atoms with Crippen LogP contribution in [0.15, 0.2) is 0 Å². The van der Waals surface area contributed by atoms with Crippen molar-refractivity contribution in [3.05, 3.63) is 0 Å². The van der Waals surface area contributed by atoms with Crippen LogP contribution >= 0.6 is 92.8 Å². The first-order valence-electron chi connectivity index (χ1n) is 1.51. The quantitative estimate of drug-likeness (QED) is 0.595. The minimum Gasteiger partial charge on any atom is -0.412 e. The molecule has 0 rings (SSSR count). The highest BCUT2D eigenvalue weighted by molar-refractivity contribution is 6.84. The lowest BCUT2D eigenvalue weighted by Crippen LogP contribution is -1.81. The maximum atomic E-state index is 4.83. The zero-order valence-corrected chi connectivity index (χ0v) is 10.6. The monoisotopic (exact) mass is 322 g/mol. The summed E-state index contributed by atoms with van der Waals surface area (Å²) < 4.78 is -3.22. The van der Waals surface area contributed by atoms with Gasteiger partial charge in [-0.2, -0.15) is 0 Å². The van der Waals surface area contributed by atoms with Crippen LogP contribution in [0.5, 0.6) is 0 Å². The standard InChI is InChI=1S/2CCl4.H2O/c2*2-1(3,4)5;/h;;1H2. The molecule has 0 radical (unpaired) electrons. The minimum atomic E-state index is -1.61. The van der Waals surface area contributed by atoms with E-state index < -0.39 is 6.50 Å². The molecule has 11 heavy (non-hydrogen) atoms. The zero-order valence-electron chi connectivity index (χ0n) is 4.52. The molecule has 9 heteroatoms. The number of hydrogen-bond acceptors (Lipinski definition) is 0. The molecule has 2 N–H and O–H groups in total. The molecule has 0 aliphatic rings. The number of hydrogen-bond donors (Lipinski definition) is 0. The van der Waals surface area contributed by atoms with Crippen molar-refractivity contribution in [2.45, 2.75) is 6.50 Å². The Morgan fingerprint density at radius 3 is 0.455 bits per heavy atom. The smallest absolute Gasteiger partial charge is 0.266 e. The lowest BCUT2D eigenvalue weighted by Gasteiger charge is -1.91. The molecule has 0 saturated heterocycles. The molecule has 0 saturated carbocycles. The van der Waals surface area contributed by atoms with Crippen LogP contribution in [0.1, 0.15) is 0 Å². The summed E-state index contributed by atoms with van der Waals surface area (Å²) in [6.07, 6.45) is 0. The highest BCUT2D eigenvalue weighted by Gasteiger charge is 2.11. The van der Waals surface area contributed by atoms with Crippen molar-refractivity contribution in [2.24, 2.45) is 0 Å². The van der Waals surface area contributed by atoms with Gasteiger partial charge < -0.3 is 5.48 Å². The summed E-state index contributed by atoms with van der Waals surface area (Å²) in [6, 6.07) is 0. The van der Waals surface area contributed by atoms with Crippen molar-refractivity contribution in [3.63, 3.8) is 0 Å². The third kappa shape index (κ3) is 250. The Bertz CT molecular complexity index is 55.1. The maximum Gasteiger partial charge on any atom is 0.266 e. The van der Waals surface area contributed by atoms with Crippen molar-refractivity contribution >= 4 is 92.8 Å². The van der Waals surface area contributed by atoms with Crippen LogP contribution in [-0.4, -0.2) is 12.0 Å². The molecule has 72 valence electrons. The van der Waals surface area contributed by atoms with E-state index in [0.717, 1.165) is 0 Å². The summed E-state index contributed by atoms with van der Waals surface area (Å²) >= 11 is 38.6. The van der Waals surface area contributed by atoms with E-state index in [1.165, 1.54) is 0 Å². The van der Waals surface area contributed by atoms with Crippen LogP contribution in [0.3, 0.4) is 0 Å². The van der Waals surface area contributed by atoms with Crippen molar-refractivity contribution in [1.82, 2.24) is 0 Å². The highest BCUT2D eigenvalue weighted by atomic mass is 35.6. The zero-order chi connectivity index (χ0) is 9.00. The van der Waals surface area contributed by atoms with Gasteiger partial charge in [-0.25, -0.2) is 0 Å². The first-order valence-corrected chi connectivity index (χ1v) is 4.54. The lowest BCUT2D eigenvalue weighted by atomic mass is 11.8. The molecule has 0 bridgehead atoms. The van der Waals surface area contributed by atoms with Crippen molar-refractivity contribution in [3.8, 4) is 0 Å². The molecule has 0 heterocycles. The second kappa shape index (κ2) is 7.66. The van der Waals surface area contributed by atoms with Gasteiger partial charge in [0.25, 0.3) is 6.50 Å². The molecule has 0 aliphatic carbocycles. The van der Waals surface area contributed by atoms with Crippen molar-refractivity contribution in [1.29, 1.82) is 0 Å². The van der Waals surface area contributed by atoms with Gasteiger partial charge in [-0.3, -0.25) is 0 Å². The van der Waals surface area contributed by atoms with E-state index in [1.807, 2.05) is 0 Å². The second-order valence-corrected chi connectivity index (χ2v) is 7.71. The summed E-state index contributed by atoms with van der Waals surface area (Å²) in [5, 5.41) is 0. The number of rotatable bonds is 0. The molecule has 0 aromatic heterocycles. The van der Waals surface area contributed by atoms with Gasteiger partial charge in [0.15, 0.2) is 0 Å². The topological polar surface area (TPSA) is 31.5 Å². The van der Waals surface area contributed by atoms with E-state index in [4.69, 9.17) is 92.8 Å². The Morgan fingerprint density at radius 1 is 0.455 bits per heavy atom. The van der Waals surface area contributed by atoms with Gasteiger partial charge in [0.1, 0.15) is 0 Å². The van der Waals surface area contributed by atoms with Gasteiger partial charge in [0.05, 0.1) is 0 Å². The Kier molecular flexibility index (Phi) is 13.2. The molecule has 0 spiro atoms. The van der Waals surface area contributed by atoms with E-state index >= 15 is 0 Å².